The zero-order chi connectivity index (χ0) is 19.8. The molecule has 6 nitrogen and oxygen atoms in total. The zero-order valence-electron chi connectivity index (χ0n) is 16.9. The summed E-state index contributed by atoms with van der Waals surface area (Å²) in [5.41, 5.74) is 1.02. The molecular weight excluding hydrogens is 354 g/mol. The summed E-state index contributed by atoms with van der Waals surface area (Å²) in [6.07, 6.45) is 5.19. The van der Waals surface area contributed by atoms with Crippen molar-refractivity contribution in [2.45, 2.75) is 51.7 Å². The summed E-state index contributed by atoms with van der Waals surface area (Å²) in [5, 5.41) is 3.01. The molecule has 0 aliphatic carbocycles. The van der Waals surface area contributed by atoms with E-state index in [1.165, 1.54) is 0 Å². The van der Waals surface area contributed by atoms with Gasteiger partial charge in [-0.05, 0) is 26.7 Å². The number of amides is 1. The van der Waals surface area contributed by atoms with Crippen molar-refractivity contribution in [3.05, 3.63) is 42.4 Å². The third-order valence-electron chi connectivity index (χ3n) is 4.87. The van der Waals surface area contributed by atoms with Gasteiger partial charge in [0, 0.05) is 44.6 Å². The van der Waals surface area contributed by atoms with E-state index in [-0.39, 0.29) is 18.1 Å². The van der Waals surface area contributed by atoms with E-state index >= 15 is 0 Å². The normalized spacial score (nSPS) is 20.2. The fraction of sp³-hybridized carbons (Fsp3) is 0.545. The van der Waals surface area contributed by atoms with Crippen LogP contribution in [-0.2, 0) is 16.0 Å². The number of nitrogens with one attached hydrogen (secondary N) is 1. The number of hydrogen-bond donors (Lipinski definition) is 1. The van der Waals surface area contributed by atoms with Crippen LogP contribution in [0.25, 0.3) is 11.3 Å². The van der Waals surface area contributed by atoms with Crippen molar-refractivity contribution in [1.82, 2.24) is 15.2 Å². The van der Waals surface area contributed by atoms with Gasteiger partial charge in [-0.25, -0.2) is 4.98 Å². The molecule has 0 radical (unpaired) electrons. The van der Waals surface area contributed by atoms with Crippen LogP contribution >= 0.6 is 0 Å². The molecule has 1 aliphatic heterocycles. The summed E-state index contributed by atoms with van der Waals surface area (Å²) < 4.78 is 11.5. The second-order valence-corrected chi connectivity index (χ2v) is 7.56. The van der Waals surface area contributed by atoms with Gasteiger partial charge in [-0.15, -0.1) is 0 Å². The molecule has 1 aromatic carbocycles. The molecule has 1 aromatic heterocycles. The minimum atomic E-state index is 0.0959. The van der Waals surface area contributed by atoms with Crippen LogP contribution in [0, 0.1) is 0 Å². The minimum Gasteiger partial charge on any atom is -0.441 e. The van der Waals surface area contributed by atoms with Gasteiger partial charge in [-0.1, -0.05) is 30.3 Å². The molecule has 0 saturated carbocycles. The molecule has 2 aromatic rings. The molecule has 6 heteroatoms. The number of ether oxygens (including phenoxy) is 1. The summed E-state index contributed by atoms with van der Waals surface area (Å²) in [7, 11) is 0. The average molecular weight is 386 g/mol. The first kappa shape index (κ1) is 20.6. The number of oxazole rings is 1. The zero-order valence-corrected chi connectivity index (χ0v) is 16.9. The Hall–Kier alpha value is -2.18. The van der Waals surface area contributed by atoms with Gasteiger partial charge in [0.2, 0.25) is 5.91 Å². The second kappa shape index (κ2) is 10.4. The maximum absolute atomic E-state index is 12.0. The second-order valence-electron chi connectivity index (χ2n) is 7.56. The number of nitrogens with zero attached hydrogens (tertiary/aromatic N) is 2. The Bertz CT molecular complexity index is 722. The molecule has 152 valence electrons. The van der Waals surface area contributed by atoms with Crippen molar-refractivity contribution in [2.24, 2.45) is 0 Å². The summed E-state index contributed by atoms with van der Waals surface area (Å²) in [5.74, 6) is 1.55. The van der Waals surface area contributed by atoms with Crippen molar-refractivity contribution in [1.29, 1.82) is 0 Å². The first-order chi connectivity index (χ1) is 13.6. The number of rotatable bonds is 9. The van der Waals surface area contributed by atoms with E-state index in [0.717, 1.165) is 50.3 Å². The lowest BCUT2D eigenvalue weighted by Gasteiger charge is -2.35. The largest absolute Gasteiger partial charge is 0.441 e. The predicted octanol–water partition coefficient (Wildman–Crippen LogP) is 3.28. The van der Waals surface area contributed by atoms with Crippen LogP contribution in [0.4, 0.5) is 0 Å². The van der Waals surface area contributed by atoms with Crippen molar-refractivity contribution >= 4 is 5.91 Å². The van der Waals surface area contributed by atoms with Crippen LogP contribution in [0.15, 0.2) is 40.9 Å². The lowest BCUT2D eigenvalue weighted by molar-refractivity contribution is -0.121. The third kappa shape index (κ3) is 6.46. The lowest BCUT2D eigenvalue weighted by Crippen LogP contribution is -2.46. The highest BCUT2D eigenvalue weighted by Gasteiger charge is 2.21. The number of carbonyl (C=O) groups excluding carboxylic acids is 1. The molecule has 2 atom stereocenters. The summed E-state index contributed by atoms with van der Waals surface area (Å²) >= 11 is 0. The molecule has 0 bridgehead atoms. The number of benzene rings is 1. The van der Waals surface area contributed by atoms with E-state index < -0.39 is 0 Å². The predicted molar refractivity (Wildman–Crippen MR) is 109 cm³/mol. The van der Waals surface area contributed by atoms with Crippen LogP contribution < -0.4 is 5.32 Å². The van der Waals surface area contributed by atoms with Crippen molar-refractivity contribution in [3.63, 3.8) is 0 Å². The van der Waals surface area contributed by atoms with Crippen LogP contribution in [0.5, 0.6) is 0 Å². The summed E-state index contributed by atoms with van der Waals surface area (Å²) in [4.78, 5) is 18.7. The van der Waals surface area contributed by atoms with Gasteiger partial charge >= 0.3 is 0 Å². The van der Waals surface area contributed by atoms with E-state index in [0.29, 0.717) is 18.7 Å². The molecule has 28 heavy (non-hydrogen) atoms. The Kier molecular flexibility index (Phi) is 7.62. The smallest absolute Gasteiger partial charge is 0.220 e. The van der Waals surface area contributed by atoms with Gasteiger partial charge in [-0.2, -0.15) is 0 Å². The van der Waals surface area contributed by atoms with Crippen LogP contribution in [0.3, 0.4) is 0 Å². The van der Waals surface area contributed by atoms with Crippen molar-refractivity contribution in [2.75, 3.05) is 26.2 Å². The molecule has 0 spiro atoms. The van der Waals surface area contributed by atoms with E-state index in [1.54, 1.807) is 6.20 Å². The standard InChI is InChI=1S/C22H31N3O3/c1-17-15-25(16-18(2)27-17)13-7-12-23-21(26)10-6-11-22-24-14-20(28-22)19-8-4-3-5-9-19/h3-5,8-9,14,17-18H,6-7,10-13,15-16H2,1-2H3,(H,23,26). The van der Waals surface area contributed by atoms with E-state index in [4.69, 9.17) is 9.15 Å². The first-order valence-corrected chi connectivity index (χ1v) is 10.2. The number of aryl methyl sites for hydroxylation is 1. The molecule has 1 N–H and O–H groups in total. The third-order valence-corrected chi connectivity index (χ3v) is 4.87. The Balaban J connectivity index is 1.28. The van der Waals surface area contributed by atoms with Gasteiger partial charge in [-0.3, -0.25) is 9.69 Å². The van der Waals surface area contributed by atoms with Gasteiger partial charge in [0.15, 0.2) is 11.7 Å². The fourth-order valence-electron chi connectivity index (χ4n) is 3.65. The number of hydrogen-bond acceptors (Lipinski definition) is 5. The Morgan fingerprint density at radius 1 is 1.18 bits per heavy atom. The summed E-state index contributed by atoms with van der Waals surface area (Å²) in [6, 6.07) is 9.91. The quantitative estimate of drug-likeness (QED) is 0.671. The molecule has 1 aliphatic rings. The lowest BCUT2D eigenvalue weighted by atomic mass is 10.2. The molecule has 2 unspecified atom stereocenters. The Morgan fingerprint density at radius 2 is 1.93 bits per heavy atom. The van der Waals surface area contributed by atoms with Crippen LogP contribution in [0.2, 0.25) is 0 Å². The maximum atomic E-state index is 12.0. The minimum absolute atomic E-state index is 0.0959. The van der Waals surface area contributed by atoms with Crippen molar-refractivity contribution in [3.8, 4) is 11.3 Å². The molecule has 1 saturated heterocycles. The fourth-order valence-corrected chi connectivity index (χ4v) is 3.65. The highest BCUT2D eigenvalue weighted by molar-refractivity contribution is 5.75. The van der Waals surface area contributed by atoms with E-state index in [2.05, 4.69) is 29.0 Å². The highest BCUT2D eigenvalue weighted by Crippen LogP contribution is 2.20. The number of morpholine rings is 1. The SMILES string of the molecule is CC1CN(CCCNC(=O)CCCc2ncc(-c3ccccc3)o2)CC(C)O1. The number of aromatic nitrogens is 1. The van der Waals surface area contributed by atoms with E-state index in [1.807, 2.05) is 30.3 Å². The molecule has 3 rings (SSSR count). The molecule has 1 fully saturated rings. The highest BCUT2D eigenvalue weighted by atomic mass is 16.5. The summed E-state index contributed by atoms with van der Waals surface area (Å²) in [6.45, 7) is 7.88. The van der Waals surface area contributed by atoms with Crippen LogP contribution in [0.1, 0.15) is 39.0 Å². The molecule has 2 heterocycles. The monoisotopic (exact) mass is 385 g/mol. The number of carbonyl (C=O) groups is 1. The van der Waals surface area contributed by atoms with Gasteiger partial charge in [0.1, 0.15) is 0 Å². The van der Waals surface area contributed by atoms with Crippen LogP contribution in [-0.4, -0.2) is 54.2 Å². The average Bonchev–Trinajstić information content (AvgIpc) is 3.14. The van der Waals surface area contributed by atoms with E-state index in [9.17, 15) is 4.79 Å². The Morgan fingerprint density at radius 3 is 2.68 bits per heavy atom. The molecular formula is C22H31N3O3. The van der Waals surface area contributed by atoms with Gasteiger partial charge in [0.25, 0.3) is 0 Å². The topological polar surface area (TPSA) is 67.6 Å². The Labute approximate surface area is 167 Å². The van der Waals surface area contributed by atoms with Crippen molar-refractivity contribution < 1.29 is 13.9 Å². The maximum Gasteiger partial charge on any atom is 0.220 e. The van der Waals surface area contributed by atoms with Gasteiger partial charge in [0.05, 0.1) is 18.4 Å². The molecule has 1 amide bonds. The van der Waals surface area contributed by atoms with Gasteiger partial charge < -0.3 is 14.5 Å². The first-order valence-electron chi connectivity index (χ1n) is 10.2.